The SMILES string of the molecule is C/C=C(/C)C(=O)OC[C@H]1C2=C(C=C3[C@H]4C5=C(C[C@@H](C(=O)N31)N4C)C(=O)C(C)=C(OC)C5=O)C(=O)C(C)=C(OC)C2=O. The van der Waals surface area contributed by atoms with E-state index in [-0.39, 0.29) is 62.9 Å². The molecule has 0 unspecified atom stereocenters. The zero-order valence-corrected chi connectivity index (χ0v) is 23.9. The maximum Gasteiger partial charge on any atom is 0.333 e. The molecular formula is C30H30N2O9. The van der Waals surface area contributed by atoms with E-state index in [0.29, 0.717) is 5.57 Å². The number of fused-ring (bicyclic) bond motifs is 5. The van der Waals surface area contributed by atoms with Gasteiger partial charge in [0.15, 0.2) is 23.1 Å². The van der Waals surface area contributed by atoms with E-state index < -0.39 is 54.0 Å². The van der Waals surface area contributed by atoms with Gasteiger partial charge in [-0.15, -0.1) is 0 Å². The third-order valence-corrected chi connectivity index (χ3v) is 8.52. The number of esters is 1. The Morgan fingerprint density at radius 1 is 0.951 bits per heavy atom. The van der Waals surface area contributed by atoms with Crippen molar-refractivity contribution in [1.29, 1.82) is 0 Å². The van der Waals surface area contributed by atoms with E-state index in [1.54, 1.807) is 31.9 Å². The van der Waals surface area contributed by atoms with Crippen LogP contribution in [0.3, 0.4) is 0 Å². The van der Waals surface area contributed by atoms with Crippen molar-refractivity contribution >= 4 is 35.0 Å². The number of hydrogen-bond acceptors (Lipinski definition) is 10. The topological polar surface area (TPSA) is 137 Å². The van der Waals surface area contributed by atoms with Crippen molar-refractivity contribution in [3.05, 3.63) is 68.4 Å². The van der Waals surface area contributed by atoms with E-state index in [1.165, 1.54) is 39.0 Å². The molecule has 0 saturated carbocycles. The van der Waals surface area contributed by atoms with Crippen LogP contribution in [-0.2, 0) is 43.0 Å². The highest BCUT2D eigenvalue weighted by molar-refractivity contribution is 6.27. The third kappa shape index (κ3) is 3.82. The van der Waals surface area contributed by atoms with Crippen LogP contribution in [0.5, 0.6) is 0 Å². The fraction of sp³-hybridized carbons (Fsp3) is 0.400. The number of allylic oxidation sites excluding steroid dienone is 7. The number of carbonyl (C=O) groups excluding carboxylic acids is 6. The Labute approximate surface area is 236 Å². The number of rotatable bonds is 5. The Bertz CT molecular complexity index is 1560. The summed E-state index contributed by atoms with van der Waals surface area (Å²) in [6.45, 7) is 5.79. The van der Waals surface area contributed by atoms with Gasteiger partial charge in [0.25, 0.3) is 0 Å². The molecule has 11 heteroatoms. The zero-order valence-electron chi connectivity index (χ0n) is 23.9. The fourth-order valence-electron chi connectivity index (χ4n) is 6.24. The van der Waals surface area contributed by atoms with E-state index in [4.69, 9.17) is 14.2 Å². The lowest BCUT2D eigenvalue weighted by Crippen LogP contribution is -2.67. The molecule has 3 atom stereocenters. The van der Waals surface area contributed by atoms with Gasteiger partial charge in [0.2, 0.25) is 17.5 Å². The lowest BCUT2D eigenvalue weighted by Gasteiger charge is -2.53. The summed E-state index contributed by atoms with van der Waals surface area (Å²) >= 11 is 0. The fourth-order valence-corrected chi connectivity index (χ4v) is 6.24. The summed E-state index contributed by atoms with van der Waals surface area (Å²) in [7, 11) is 4.25. The van der Waals surface area contributed by atoms with Gasteiger partial charge >= 0.3 is 5.97 Å². The van der Waals surface area contributed by atoms with Gasteiger partial charge in [0.05, 0.1) is 26.3 Å². The summed E-state index contributed by atoms with van der Waals surface area (Å²) in [5, 5.41) is 0. The second-order valence-corrected chi connectivity index (χ2v) is 10.5. The molecule has 5 rings (SSSR count). The minimum absolute atomic E-state index is 0.0176. The predicted octanol–water partition coefficient (Wildman–Crippen LogP) is 1.41. The van der Waals surface area contributed by atoms with Crippen LogP contribution >= 0.6 is 0 Å². The van der Waals surface area contributed by atoms with Crippen LogP contribution in [0.2, 0.25) is 0 Å². The first-order valence-corrected chi connectivity index (χ1v) is 13.1. The summed E-state index contributed by atoms with van der Waals surface area (Å²) in [4.78, 5) is 84.1. The second-order valence-electron chi connectivity index (χ2n) is 10.5. The van der Waals surface area contributed by atoms with Gasteiger partial charge in [0, 0.05) is 51.1 Å². The Kier molecular flexibility index (Phi) is 6.81. The average molecular weight is 563 g/mol. The van der Waals surface area contributed by atoms with E-state index in [2.05, 4.69) is 0 Å². The number of hydrogen-bond donors (Lipinski definition) is 0. The molecule has 0 radical (unpaired) electrons. The number of methoxy groups -OCH3 is 2. The van der Waals surface area contributed by atoms with Crippen LogP contribution in [0.1, 0.15) is 34.1 Å². The molecule has 0 aromatic rings. The molecule has 1 amide bonds. The van der Waals surface area contributed by atoms with Crippen LogP contribution < -0.4 is 0 Å². The Morgan fingerprint density at radius 2 is 1.54 bits per heavy atom. The summed E-state index contributed by atoms with van der Waals surface area (Å²) in [6.07, 6.45) is 2.97. The molecule has 0 N–H and O–H groups in total. The molecule has 2 bridgehead atoms. The Hall–Kier alpha value is -4.38. The summed E-state index contributed by atoms with van der Waals surface area (Å²) in [5.74, 6) is -3.30. The molecule has 214 valence electrons. The molecule has 41 heavy (non-hydrogen) atoms. The molecule has 0 aromatic heterocycles. The minimum Gasteiger partial charge on any atom is -0.492 e. The summed E-state index contributed by atoms with van der Waals surface area (Å²) in [5.41, 5.74) is 1.17. The van der Waals surface area contributed by atoms with Crippen molar-refractivity contribution in [3.63, 3.8) is 0 Å². The molecule has 1 saturated heterocycles. The number of likely N-dealkylation sites (N-methyl/N-ethyl adjacent to an activating group) is 1. The average Bonchev–Trinajstić information content (AvgIpc) is 2.95. The number of carbonyl (C=O) groups is 6. The molecule has 2 aliphatic carbocycles. The standard InChI is InChI=1S/C30H30N2O9/c1-8-12(2)30(38)41-11-19-20-15(23(33)13(3)27(39-6)25(20)35)9-17-22-21-16(10-18(31(22)5)29(37)32(17)19)24(34)14(4)28(40-7)26(21)36/h8-9,18-19,22H,10-11H2,1-7H3/b12-8-/t18-,19-,22-/m0/s1. The number of ketones is 4. The Morgan fingerprint density at radius 3 is 2.12 bits per heavy atom. The van der Waals surface area contributed by atoms with E-state index in [0.717, 1.165) is 0 Å². The molecule has 3 heterocycles. The molecular weight excluding hydrogens is 532 g/mol. The maximum atomic E-state index is 14.1. The van der Waals surface area contributed by atoms with Crippen molar-refractivity contribution in [3.8, 4) is 0 Å². The summed E-state index contributed by atoms with van der Waals surface area (Å²) < 4.78 is 16.1. The largest absolute Gasteiger partial charge is 0.492 e. The second kappa shape index (κ2) is 9.91. The van der Waals surface area contributed by atoms with E-state index in [9.17, 15) is 28.8 Å². The monoisotopic (exact) mass is 562 g/mol. The van der Waals surface area contributed by atoms with Gasteiger partial charge in [-0.3, -0.25) is 28.9 Å². The first-order chi connectivity index (χ1) is 19.4. The molecule has 0 aromatic carbocycles. The number of amides is 1. The molecule has 3 aliphatic heterocycles. The lowest BCUT2D eigenvalue weighted by molar-refractivity contribution is -0.149. The Balaban J connectivity index is 1.72. The van der Waals surface area contributed by atoms with Crippen molar-refractivity contribution in [2.24, 2.45) is 0 Å². The molecule has 1 fully saturated rings. The van der Waals surface area contributed by atoms with Crippen molar-refractivity contribution < 1.29 is 43.0 Å². The highest BCUT2D eigenvalue weighted by atomic mass is 16.5. The molecule has 5 aliphatic rings. The smallest absolute Gasteiger partial charge is 0.333 e. The van der Waals surface area contributed by atoms with E-state index >= 15 is 0 Å². The summed E-state index contributed by atoms with van der Waals surface area (Å²) in [6, 6.07) is -2.93. The number of piperazine rings is 1. The first-order valence-electron chi connectivity index (χ1n) is 13.1. The van der Waals surface area contributed by atoms with Crippen LogP contribution in [-0.4, -0.2) is 90.8 Å². The lowest BCUT2D eigenvalue weighted by atomic mass is 9.72. The van der Waals surface area contributed by atoms with Crippen LogP contribution in [0.25, 0.3) is 0 Å². The first kappa shape index (κ1) is 28.2. The van der Waals surface area contributed by atoms with E-state index in [1.807, 2.05) is 0 Å². The number of ether oxygens (including phenoxy) is 3. The van der Waals surface area contributed by atoms with Crippen LogP contribution in [0.4, 0.5) is 0 Å². The van der Waals surface area contributed by atoms with Crippen LogP contribution in [0.15, 0.2) is 68.4 Å². The normalized spacial score (nSPS) is 26.8. The van der Waals surface area contributed by atoms with Crippen molar-refractivity contribution in [2.45, 2.75) is 52.2 Å². The van der Waals surface area contributed by atoms with Crippen molar-refractivity contribution in [2.75, 3.05) is 27.9 Å². The molecule has 11 nitrogen and oxygen atoms in total. The minimum atomic E-state index is -1.17. The van der Waals surface area contributed by atoms with Gasteiger partial charge in [-0.2, -0.15) is 0 Å². The quantitative estimate of drug-likeness (QED) is 0.275. The van der Waals surface area contributed by atoms with Gasteiger partial charge in [-0.1, -0.05) is 6.08 Å². The highest BCUT2D eigenvalue weighted by Crippen LogP contribution is 2.47. The maximum absolute atomic E-state index is 14.1. The van der Waals surface area contributed by atoms with Gasteiger partial charge in [-0.25, -0.2) is 4.79 Å². The third-order valence-electron chi connectivity index (χ3n) is 8.52. The van der Waals surface area contributed by atoms with Gasteiger partial charge < -0.3 is 19.1 Å². The number of nitrogens with zero attached hydrogens (tertiary/aromatic N) is 2. The number of Topliss-reactive ketones (excluding diaryl/α,β-unsaturated/α-hetero) is 4. The van der Waals surface area contributed by atoms with Gasteiger partial charge in [-0.05, 0) is 40.8 Å². The predicted molar refractivity (Wildman–Crippen MR) is 143 cm³/mol. The highest BCUT2D eigenvalue weighted by Gasteiger charge is 2.57. The zero-order chi connectivity index (χ0) is 30.1. The molecule has 0 spiro atoms. The van der Waals surface area contributed by atoms with Crippen LogP contribution in [0, 0.1) is 0 Å². The van der Waals surface area contributed by atoms with Crippen molar-refractivity contribution in [1.82, 2.24) is 9.80 Å². The van der Waals surface area contributed by atoms with Gasteiger partial charge in [0.1, 0.15) is 12.6 Å².